The Bertz CT molecular complexity index is 1160. The van der Waals surface area contributed by atoms with Gasteiger partial charge in [0.1, 0.15) is 0 Å². The number of fused-ring (bicyclic) bond motifs is 1. The molecule has 2 aromatic rings. The van der Waals surface area contributed by atoms with E-state index in [1.165, 1.54) is 10.6 Å². The molecule has 0 aliphatic carbocycles. The van der Waals surface area contributed by atoms with Gasteiger partial charge in [0.25, 0.3) is 5.91 Å². The van der Waals surface area contributed by atoms with Gasteiger partial charge in [0.2, 0.25) is 15.9 Å². The molecule has 3 N–H and O–H groups in total. The van der Waals surface area contributed by atoms with Gasteiger partial charge in [-0.25, -0.2) is 8.42 Å². The summed E-state index contributed by atoms with van der Waals surface area (Å²) in [6.45, 7) is 3.27. The van der Waals surface area contributed by atoms with Crippen molar-refractivity contribution in [2.45, 2.75) is 44.8 Å². The van der Waals surface area contributed by atoms with Crippen LogP contribution < -0.4 is 15.4 Å². The van der Waals surface area contributed by atoms with Crippen molar-refractivity contribution in [2.24, 2.45) is 5.73 Å². The van der Waals surface area contributed by atoms with Crippen molar-refractivity contribution in [2.75, 3.05) is 22.4 Å². The number of rotatable bonds is 6. The van der Waals surface area contributed by atoms with E-state index in [0.29, 0.717) is 29.9 Å². The van der Waals surface area contributed by atoms with Gasteiger partial charge < -0.3 is 11.1 Å². The number of primary amides is 1. The van der Waals surface area contributed by atoms with Crippen LogP contribution in [-0.2, 0) is 27.8 Å². The van der Waals surface area contributed by atoms with E-state index in [0.717, 1.165) is 30.5 Å². The first-order valence-corrected chi connectivity index (χ1v) is 12.5. The summed E-state index contributed by atoms with van der Waals surface area (Å²) in [5, 5.41) is 2.92. The molecule has 2 unspecified atom stereocenters. The number of nitrogens with two attached hydrogens (primary N) is 1. The zero-order valence-electron chi connectivity index (χ0n) is 18.2. The minimum absolute atomic E-state index is 0.176. The smallest absolute Gasteiger partial charge is 0.255 e. The molecule has 32 heavy (non-hydrogen) atoms. The lowest BCUT2D eigenvalue weighted by molar-refractivity contribution is -0.122. The highest BCUT2D eigenvalue weighted by Crippen LogP contribution is 2.34. The zero-order valence-corrected chi connectivity index (χ0v) is 19.1. The van der Waals surface area contributed by atoms with E-state index < -0.39 is 10.0 Å². The molecule has 0 aromatic heterocycles. The monoisotopic (exact) mass is 456 g/mol. The van der Waals surface area contributed by atoms with E-state index in [9.17, 15) is 18.0 Å². The third-order valence-electron chi connectivity index (χ3n) is 6.11. The number of benzene rings is 2. The van der Waals surface area contributed by atoms with E-state index in [4.69, 9.17) is 5.73 Å². The first-order chi connectivity index (χ1) is 15.1. The lowest BCUT2D eigenvalue weighted by Gasteiger charge is -2.22. The molecular formula is C23H28N4O4S. The normalized spacial score (nSPS) is 20.9. The van der Waals surface area contributed by atoms with Crippen molar-refractivity contribution in [1.82, 2.24) is 4.90 Å². The van der Waals surface area contributed by atoms with Crippen molar-refractivity contribution in [3.63, 3.8) is 0 Å². The number of carbonyl (C=O) groups is 2. The molecular weight excluding hydrogens is 428 g/mol. The van der Waals surface area contributed by atoms with Crippen LogP contribution in [0, 0.1) is 0 Å². The van der Waals surface area contributed by atoms with Crippen LogP contribution in [0.3, 0.4) is 0 Å². The van der Waals surface area contributed by atoms with Gasteiger partial charge in [0.15, 0.2) is 0 Å². The SMILES string of the molecule is CC1Cc2cc(C(=O)Nc3cccc(CN4CCCC4C(N)=O)c3)ccc2N1S(C)(=O)=O. The van der Waals surface area contributed by atoms with Crippen molar-refractivity contribution < 1.29 is 18.0 Å². The van der Waals surface area contributed by atoms with Gasteiger partial charge in [-0.1, -0.05) is 12.1 Å². The van der Waals surface area contributed by atoms with Gasteiger partial charge in [-0.2, -0.15) is 0 Å². The van der Waals surface area contributed by atoms with Gasteiger partial charge in [0, 0.05) is 23.8 Å². The Hall–Kier alpha value is -2.91. The topological polar surface area (TPSA) is 113 Å². The Balaban J connectivity index is 1.48. The van der Waals surface area contributed by atoms with E-state index in [1.54, 1.807) is 18.2 Å². The number of amides is 2. The predicted octanol–water partition coefficient (Wildman–Crippen LogP) is 2.10. The van der Waals surface area contributed by atoms with E-state index in [-0.39, 0.29) is 23.9 Å². The molecule has 8 nitrogen and oxygen atoms in total. The molecule has 2 aromatic carbocycles. The Morgan fingerprint density at radius 1 is 1.19 bits per heavy atom. The highest BCUT2D eigenvalue weighted by molar-refractivity contribution is 7.92. The molecule has 0 saturated carbocycles. The standard InChI is InChI=1S/C23H28N4O4S/c1-15-11-18-13-17(8-9-20(18)27(15)32(2,30)31)23(29)25-19-6-3-5-16(12-19)14-26-10-4-7-21(26)22(24)28/h3,5-6,8-9,12-13,15,21H,4,7,10-11,14H2,1-2H3,(H2,24,28)(H,25,29). The van der Waals surface area contributed by atoms with Gasteiger partial charge >= 0.3 is 0 Å². The van der Waals surface area contributed by atoms with Crippen LogP contribution in [0.1, 0.15) is 41.3 Å². The van der Waals surface area contributed by atoms with Crippen molar-refractivity contribution >= 4 is 33.2 Å². The summed E-state index contributed by atoms with van der Waals surface area (Å²) in [6, 6.07) is 12.2. The summed E-state index contributed by atoms with van der Waals surface area (Å²) in [7, 11) is -3.37. The predicted molar refractivity (Wildman–Crippen MR) is 124 cm³/mol. The Morgan fingerprint density at radius 3 is 2.69 bits per heavy atom. The summed E-state index contributed by atoms with van der Waals surface area (Å²) in [5.74, 6) is -0.557. The maximum Gasteiger partial charge on any atom is 0.255 e. The first-order valence-electron chi connectivity index (χ1n) is 10.7. The van der Waals surface area contributed by atoms with Crippen LogP contribution in [0.25, 0.3) is 0 Å². The molecule has 2 aliphatic rings. The summed E-state index contributed by atoms with van der Waals surface area (Å²) >= 11 is 0. The Morgan fingerprint density at radius 2 is 1.97 bits per heavy atom. The molecule has 4 rings (SSSR count). The molecule has 170 valence electrons. The lowest BCUT2D eigenvalue weighted by atomic mass is 10.1. The number of sulfonamides is 1. The largest absolute Gasteiger partial charge is 0.368 e. The van der Waals surface area contributed by atoms with Gasteiger partial charge in [0.05, 0.1) is 18.0 Å². The van der Waals surface area contributed by atoms with Crippen LogP contribution in [0.4, 0.5) is 11.4 Å². The van der Waals surface area contributed by atoms with Crippen LogP contribution in [0.5, 0.6) is 0 Å². The van der Waals surface area contributed by atoms with Gasteiger partial charge in [-0.05, 0) is 74.2 Å². The van der Waals surface area contributed by atoms with Crippen LogP contribution in [-0.4, -0.2) is 50.0 Å². The number of nitrogens with one attached hydrogen (secondary N) is 1. The van der Waals surface area contributed by atoms with Crippen molar-refractivity contribution in [1.29, 1.82) is 0 Å². The average molecular weight is 457 g/mol. The fraction of sp³-hybridized carbons (Fsp3) is 0.391. The molecule has 9 heteroatoms. The molecule has 2 amide bonds. The molecule has 0 radical (unpaired) electrons. The molecule has 0 spiro atoms. The maximum absolute atomic E-state index is 12.9. The Labute approximate surface area is 188 Å². The number of anilines is 2. The number of hydrogen-bond acceptors (Lipinski definition) is 5. The number of likely N-dealkylation sites (tertiary alicyclic amines) is 1. The lowest BCUT2D eigenvalue weighted by Crippen LogP contribution is -2.39. The second kappa shape index (κ2) is 8.55. The minimum Gasteiger partial charge on any atom is -0.368 e. The number of nitrogens with zero attached hydrogens (tertiary/aromatic N) is 2. The van der Waals surface area contributed by atoms with E-state index >= 15 is 0 Å². The maximum atomic E-state index is 12.9. The molecule has 1 fully saturated rings. The minimum atomic E-state index is -3.37. The highest BCUT2D eigenvalue weighted by Gasteiger charge is 2.33. The third-order valence-corrected chi connectivity index (χ3v) is 7.39. The summed E-state index contributed by atoms with van der Waals surface area (Å²) in [6.07, 6.45) is 3.48. The number of hydrogen-bond donors (Lipinski definition) is 2. The molecule has 2 atom stereocenters. The molecule has 2 aliphatic heterocycles. The second-order valence-corrected chi connectivity index (χ2v) is 10.5. The van der Waals surface area contributed by atoms with Gasteiger partial charge in [-0.3, -0.25) is 18.8 Å². The Kier molecular flexibility index (Phi) is 5.96. The zero-order chi connectivity index (χ0) is 23.0. The summed E-state index contributed by atoms with van der Waals surface area (Å²) in [4.78, 5) is 26.6. The molecule has 1 saturated heterocycles. The van der Waals surface area contributed by atoms with Crippen molar-refractivity contribution in [3.8, 4) is 0 Å². The summed E-state index contributed by atoms with van der Waals surface area (Å²) < 4.78 is 25.6. The number of carbonyl (C=O) groups excluding carboxylic acids is 2. The average Bonchev–Trinajstić information content (AvgIpc) is 3.30. The highest BCUT2D eigenvalue weighted by atomic mass is 32.2. The van der Waals surface area contributed by atoms with E-state index in [1.807, 2.05) is 31.2 Å². The van der Waals surface area contributed by atoms with Crippen LogP contribution in [0.2, 0.25) is 0 Å². The van der Waals surface area contributed by atoms with Crippen molar-refractivity contribution in [3.05, 3.63) is 59.2 Å². The summed E-state index contributed by atoms with van der Waals surface area (Å²) in [5.41, 5.74) is 9.11. The van der Waals surface area contributed by atoms with Crippen LogP contribution >= 0.6 is 0 Å². The third kappa shape index (κ3) is 4.49. The quantitative estimate of drug-likeness (QED) is 0.691. The second-order valence-electron chi connectivity index (χ2n) is 8.64. The molecule has 0 bridgehead atoms. The first kappa shape index (κ1) is 22.3. The molecule has 2 heterocycles. The van der Waals surface area contributed by atoms with Crippen LogP contribution in [0.15, 0.2) is 42.5 Å². The van der Waals surface area contributed by atoms with Gasteiger partial charge in [-0.15, -0.1) is 0 Å². The fourth-order valence-electron chi connectivity index (χ4n) is 4.77. The fourth-order valence-corrected chi connectivity index (χ4v) is 6.04. The van der Waals surface area contributed by atoms with E-state index in [2.05, 4.69) is 10.2 Å².